The van der Waals surface area contributed by atoms with Crippen LogP contribution in [0.15, 0.2) is 18.2 Å². The molecule has 1 aliphatic rings. The van der Waals surface area contributed by atoms with E-state index in [9.17, 15) is 0 Å². The van der Waals surface area contributed by atoms with Crippen LogP contribution in [0.1, 0.15) is 32.3 Å². The van der Waals surface area contributed by atoms with Crippen molar-refractivity contribution in [3.8, 4) is 5.75 Å². The van der Waals surface area contributed by atoms with Crippen LogP contribution in [-0.4, -0.2) is 32.8 Å². The number of hydrogen-bond donors (Lipinski definition) is 1. The average Bonchev–Trinajstić information content (AvgIpc) is 2.45. The second-order valence-corrected chi connectivity index (χ2v) is 6.09. The molecule has 0 bridgehead atoms. The Morgan fingerprint density at radius 1 is 1.25 bits per heavy atom. The maximum Gasteiger partial charge on any atom is 0.142 e. The summed E-state index contributed by atoms with van der Waals surface area (Å²) in [6, 6.07) is 6.52. The van der Waals surface area contributed by atoms with Crippen molar-refractivity contribution >= 4 is 5.69 Å². The lowest BCUT2D eigenvalue weighted by atomic mass is 10.1. The van der Waals surface area contributed by atoms with Crippen molar-refractivity contribution in [3.05, 3.63) is 23.8 Å². The van der Waals surface area contributed by atoms with E-state index in [0.29, 0.717) is 0 Å². The lowest BCUT2D eigenvalue weighted by Gasteiger charge is -2.31. The highest BCUT2D eigenvalue weighted by molar-refractivity contribution is 5.60. The molecule has 0 spiro atoms. The fourth-order valence-corrected chi connectivity index (χ4v) is 2.58. The third kappa shape index (κ3) is 4.41. The van der Waals surface area contributed by atoms with Crippen LogP contribution >= 0.6 is 0 Å². The lowest BCUT2D eigenvalue weighted by molar-refractivity contribution is 0.297. The first kappa shape index (κ1) is 15.2. The van der Waals surface area contributed by atoms with Gasteiger partial charge in [0.05, 0.1) is 12.3 Å². The molecule has 1 saturated heterocycles. The maximum absolute atomic E-state index is 6.03. The summed E-state index contributed by atoms with van der Waals surface area (Å²) in [5.41, 5.74) is 2.56. The van der Waals surface area contributed by atoms with Gasteiger partial charge in [-0.3, -0.25) is 0 Å². The van der Waals surface area contributed by atoms with Crippen molar-refractivity contribution < 1.29 is 4.74 Å². The molecule has 0 saturated carbocycles. The Morgan fingerprint density at radius 2 is 2.00 bits per heavy atom. The zero-order chi connectivity index (χ0) is 14.4. The Balaban J connectivity index is 1.99. The molecule has 20 heavy (non-hydrogen) atoms. The number of nitrogens with zero attached hydrogens (tertiary/aromatic N) is 1. The van der Waals surface area contributed by atoms with E-state index in [1.807, 2.05) is 0 Å². The number of benzene rings is 1. The number of piperazine rings is 1. The van der Waals surface area contributed by atoms with Gasteiger partial charge in [-0.1, -0.05) is 19.9 Å². The van der Waals surface area contributed by atoms with Gasteiger partial charge in [-0.25, -0.2) is 0 Å². The van der Waals surface area contributed by atoms with Crippen molar-refractivity contribution in [3.63, 3.8) is 0 Å². The van der Waals surface area contributed by atoms with E-state index in [1.165, 1.54) is 17.7 Å². The van der Waals surface area contributed by atoms with Gasteiger partial charge in [0.1, 0.15) is 5.75 Å². The molecule has 0 aliphatic carbocycles. The third-order valence-corrected chi connectivity index (χ3v) is 3.76. The van der Waals surface area contributed by atoms with Crippen molar-refractivity contribution in [2.24, 2.45) is 5.92 Å². The standard InChI is InChI=1S/C17H28N2O/c1-14(2)5-4-12-20-17-7-6-15(3)13-16(17)19-10-8-18-9-11-19/h6-7,13-14,18H,4-5,8-12H2,1-3H3. The van der Waals surface area contributed by atoms with Gasteiger partial charge in [-0.05, 0) is 43.4 Å². The van der Waals surface area contributed by atoms with E-state index in [-0.39, 0.29) is 0 Å². The van der Waals surface area contributed by atoms with E-state index in [2.05, 4.69) is 49.2 Å². The Hall–Kier alpha value is -1.22. The van der Waals surface area contributed by atoms with Crippen LogP contribution in [0.25, 0.3) is 0 Å². The minimum atomic E-state index is 0.754. The first-order valence-corrected chi connectivity index (χ1v) is 7.86. The van der Waals surface area contributed by atoms with Crippen LogP contribution in [0.5, 0.6) is 5.75 Å². The summed E-state index contributed by atoms with van der Waals surface area (Å²) in [7, 11) is 0. The molecule has 2 rings (SSSR count). The summed E-state index contributed by atoms with van der Waals surface area (Å²) >= 11 is 0. The van der Waals surface area contributed by atoms with Gasteiger partial charge in [-0.15, -0.1) is 0 Å². The number of ether oxygens (including phenoxy) is 1. The van der Waals surface area contributed by atoms with E-state index >= 15 is 0 Å². The molecule has 1 aromatic rings. The van der Waals surface area contributed by atoms with Crippen LogP contribution < -0.4 is 15.0 Å². The second kappa shape index (κ2) is 7.53. The van der Waals surface area contributed by atoms with E-state index < -0.39 is 0 Å². The Morgan fingerprint density at radius 3 is 2.70 bits per heavy atom. The smallest absolute Gasteiger partial charge is 0.142 e. The summed E-state index contributed by atoms with van der Waals surface area (Å²) in [6.45, 7) is 11.7. The summed E-state index contributed by atoms with van der Waals surface area (Å²) in [6.07, 6.45) is 2.36. The Bertz CT molecular complexity index is 411. The van der Waals surface area contributed by atoms with Crippen molar-refractivity contribution in [2.75, 3.05) is 37.7 Å². The van der Waals surface area contributed by atoms with Crippen LogP contribution in [0.2, 0.25) is 0 Å². The molecule has 0 radical (unpaired) electrons. The highest BCUT2D eigenvalue weighted by atomic mass is 16.5. The van der Waals surface area contributed by atoms with E-state index in [0.717, 1.165) is 50.9 Å². The predicted octanol–water partition coefficient (Wildman–Crippen LogP) is 3.22. The summed E-state index contributed by atoms with van der Waals surface area (Å²) < 4.78 is 6.03. The van der Waals surface area contributed by atoms with Crippen LogP contribution in [0, 0.1) is 12.8 Å². The maximum atomic E-state index is 6.03. The van der Waals surface area contributed by atoms with Gasteiger partial charge >= 0.3 is 0 Å². The first-order chi connectivity index (χ1) is 9.66. The monoisotopic (exact) mass is 276 g/mol. The Kier molecular flexibility index (Phi) is 5.72. The fourth-order valence-electron chi connectivity index (χ4n) is 2.58. The number of aryl methyl sites for hydroxylation is 1. The third-order valence-electron chi connectivity index (χ3n) is 3.76. The molecule has 1 N–H and O–H groups in total. The minimum Gasteiger partial charge on any atom is -0.491 e. The highest BCUT2D eigenvalue weighted by Crippen LogP contribution is 2.30. The van der Waals surface area contributed by atoms with Crippen LogP contribution in [0.4, 0.5) is 5.69 Å². The minimum absolute atomic E-state index is 0.754. The molecule has 0 atom stereocenters. The van der Waals surface area contributed by atoms with Gasteiger partial charge in [-0.2, -0.15) is 0 Å². The fraction of sp³-hybridized carbons (Fsp3) is 0.647. The van der Waals surface area contributed by atoms with Crippen molar-refractivity contribution in [2.45, 2.75) is 33.6 Å². The molecule has 1 aromatic carbocycles. The number of rotatable bonds is 6. The van der Waals surface area contributed by atoms with Gasteiger partial charge in [0.15, 0.2) is 0 Å². The van der Waals surface area contributed by atoms with Gasteiger partial charge < -0.3 is 15.0 Å². The molecule has 0 unspecified atom stereocenters. The van der Waals surface area contributed by atoms with Gasteiger partial charge in [0.2, 0.25) is 0 Å². The van der Waals surface area contributed by atoms with E-state index in [4.69, 9.17) is 4.74 Å². The number of hydrogen-bond acceptors (Lipinski definition) is 3. The molecule has 0 aromatic heterocycles. The molecule has 0 amide bonds. The predicted molar refractivity (Wildman–Crippen MR) is 85.8 cm³/mol. The molecule has 112 valence electrons. The number of nitrogens with one attached hydrogen (secondary N) is 1. The van der Waals surface area contributed by atoms with Crippen molar-refractivity contribution in [1.82, 2.24) is 5.32 Å². The summed E-state index contributed by atoms with van der Waals surface area (Å²) in [5, 5.41) is 3.40. The summed E-state index contributed by atoms with van der Waals surface area (Å²) in [5.74, 6) is 1.80. The average molecular weight is 276 g/mol. The molecule has 1 heterocycles. The lowest BCUT2D eigenvalue weighted by Crippen LogP contribution is -2.43. The van der Waals surface area contributed by atoms with Crippen LogP contribution in [0.3, 0.4) is 0 Å². The zero-order valence-electron chi connectivity index (χ0n) is 13.1. The van der Waals surface area contributed by atoms with E-state index in [1.54, 1.807) is 0 Å². The van der Waals surface area contributed by atoms with Gasteiger partial charge in [0.25, 0.3) is 0 Å². The zero-order valence-corrected chi connectivity index (χ0v) is 13.1. The molecule has 1 fully saturated rings. The molecular weight excluding hydrogens is 248 g/mol. The van der Waals surface area contributed by atoms with Crippen molar-refractivity contribution in [1.29, 1.82) is 0 Å². The van der Waals surface area contributed by atoms with Gasteiger partial charge in [0, 0.05) is 26.2 Å². The number of anilines is 1. The second-order valence-electron chi connectivity index (χ2n) is 6.09. The summed E-state index contributed by atoms with van der Waals surface area (Å²) in [4.78, 5) is 2.43. The molecule has 1 aliphatic heterocycles. The SMILES string of the molecule is Cc1ccc(OCCCC(C)C)c(N2CCNCC2)c1. The molecule has 3 nitrogen and oxygen atoms in total. The quantitative estimate of drug-likeness (QED) is 0.807. The Labute approximate surface area is 123 Å². The van der Waals surface area contributed by atoms with Crippen LogP contribution in [-0.2, 0) is 0 Å². The molecule has 3 heteroatoms. The largest absolute Gasteiger partial charge is 0.491 e. The first-order valence-electron chi connectivity index (χ1n) is 7.86. The highest BCUT2D eigenvalue weighted by Gasteiger charge is 2.15. The topological polar surface area (TPSA) is 24.5 Å². The normalized spacial score (nSPS) is 15.7. The molecular formula is C17H28N2O.